The number of rotatable bonds is 3. The molecule has 2 aliphatic heterocycles. The van der Waals surface area contributed by atoms with Crippen LogP contribution in [0.3, 0.4) is 0 Å². The average molecular weight is 236 g/mol. The van der Waals surface area contributed by atoms with Crippen molar-refractivity contribution in [2.24, 2.45) is 11.8 Å². The third-order valence-corrected chi connectivity index (χ3v) is 5.01. The largest absolute Gasteiger partial charge is 0.338 e. The second-order valence-corrected chi connectivity index (χ2v) is 6.05. The Balaban J connectivity index is 1.48. The van der Waals surface area contributed by atoms with Gasteiger partial charge in [-0.05, 0) is 24.7 Å². The molecule has 3 fully saturated rings. The number of likely N-dealkylation sites (tertiary alicyclic amines) is 1. The lowest BCUT2D eigenvalue weighted by molar-refractivity contribution is -0.132. The van der Waals surface area contributed by atoms with Crippen molar-refractivity contribution < 1.29 is 4.79 Å². The van der Waals surface area contributed by atoms with Crippen LogP contribution in [0.2, 0.25) is 0 Å². The first-order valence-electron chi connectivity index (χ1n) is 7.35. The molecule has 2 atom stereocenters. The molecule has 17 heavy (non-hydrogen) atoms. The maximum atomic E-state index is 12.2. The lowest BCUT2D eigenvalue weighted by atomic mass is 10.0. The summed E-state index contributed by atoms with van der Waals surface area (Å²) in [7, 11) is 0. The van der Waals surface area contributed by atoms with Gasteiger partial charge in [-0.15, -0.1) is 0 Å². The van der Waals surface area contributed by atoms with E-state index in [0.29, 0.717) is 11.9 Å². The van der Waals surface area contributed by atoms with Gasteiger partial charge in [-0.2, -0.15) is 0 Å². The Morgan fingerprint density at radius 1 is 1.18 bits per heavy atom. The van der Waals surface area contributed by atoms with E-state index < -0.39 is 0 Å². The summed E-state index contributed by atoms with van der Waals surface area (Å²) >= 11 is 0. The van der Waals surface area contributed by atoms with Gasteiger partial charge in [-0.3, -0.25) is 4.79 Å². The molecular weight excluding hydrogens is 212 g/mol. The first-order chi connectivity index (χ1) is 8.34. The van der Waals surface area contributed by atoms with Crippen LogP contribution in [-0.2, 0) is 4.79 Å². The molecule has 0 radical (unpaired) electrons. The summed E-state index contributed by atoms with van der Waals surface area (Å²) in [4.78, 5) is 14.4. The Morgan fingerprint density at radius 3 is 2.82 bits per heavy atom. The number of amides is 1. The summed E-state index contributed by atoms with van der Waals surface area (Å²) < 4.78 is 0. The van der Waals surface area contributed by atoms with Crippen LogP contribution < -0.4 is 5.32 Å². The smallest absolute Gasteiger partial charge is 0.222 e. The molecule has 2 heterocycles. The van der Waals surface area contributed by atoms with E-state index >= 15 is 0 Å². The van der Waals surface area contributed by atoms with Crippen LogP contribution in [-0.4, -0.2) is 36.5 Å². The van der Waals surface area contributed by atoms with Gasteiger partial charge in [0.25, 0.3) is 0 Å². The molecule has 2 saturated heterocycles. The van der Waals surface area contributed by atoms with Crippen LogP contribution in [0.1, 0.15) is 44.9 Å². The molecule has 1 amide bonds. The lowest BCUT2D eigenvalue weighted by Crippen LogP contribution is -2.39. The zero-order valence-corrected chi connectivity index (χ0v) is 10.7. The molecular formula is C14H24N2O. The third-order valence-electron chi connectivity index (χ3n) is 5.01. The number of hydrogen-bond donors (Lipinski definition) is 1. The predicted octanol–water partition coefficient (Wildman–Crippen LogP) is 1.78. The van der Waals surface area contributed by atoms with Crippen LogP contribution >= 0.6 is 0 Å². The Morgan fingerprint density at radius 2 is 2.00 bits per heavy atom. The number of hydrogen-bond acceptors (Lipinski definition) is 2. The summed E-state index contributed by atoms with van der Waals surface area (Å²) in [5, 5.41) is 3.41. The molecule has 0 spiro atoms. The van der Waals surface area contributed by atoms with E-state index in [4.69, 9.17) is 0 Å². The molecule has 0 aromatic rings. The molecule has 0 unspecified atom stereocenters. The fourth-order valence-electron chi connectivity index (χ4n) is 3.93. The van der Waals surface area contributed by atoms with E-state index in [9.17, 15) is 4.79 Å². The summed E-state index contributed by atoms with van der Waals surface area (Å²) in [6.07, 6.45) is 8.65. The van der Waals surface area contributed by atoms with E-state index in [1.54, 1.807) is 0 Å². The molecule has 3 aliphatic rings. The highest BCUT2D eigenvalue weighted by atomic mass is 16.2. The highest BCUT2D eigenvalue weighted by Crippen LogP contribution is 2.31. The Hall–Kier alpha value is -0.570. The van der Waals surface area contributed by atoms with E-state index in [1.807, 2.05) is 0 Å². The highest BCUT2D eigenvalue weighted by molar-refractivity contribution is 5.77. The lowest BCUT2D eigenvalue weighted by Gasteiger charge is -2.24. The fraction of sp³-hybridized carbons (Fsp3) is 0.929. The van der Waals surface area contributed by atoms with Gasteiger partial charge < -0.3 is 10.2 Å². The molecule has 0 bridgehead atoms. The van der Waals surface area contributed by atoms with Crippen molar-refractivity contribution in [2.45, 2.75) is 51.0 Å². The van der Waals surface area contributed by atoms with E-state index in [2.05, 4.69) is 10.2 Å². The van der Waals surface area contributed by atoms with Crippen molar-refractivity contribution in [1.29, 1.82) is 0 Å². The van der Waals surface area contributed by atoms with Crippen LogP contribution in [0.15, 0.2) is 0 Å². The zero-order valence-electron chi connectivity index (χ0n) is 10.7. The first kappa shape index (κ1) is 11.5. The summed E-state index contributed by atoms with van der Waals surface area (Å²) in [6, 6.07) is 0.520. The number of nitrogens with one attached hydrogen (secondary N) is 1. The molecule has 3 nitrogen and oxygen atoms in total. The average Bonchev–Trinajstić information content (AvgIpc) is 3.02. The van der Waals surface area contributed by atoms with E-state index in [1.165, 1.54) is 32.1 Å². The van der Waals surface area contributed by atoms with Gasteiger partial charge in [0.2, 0.25) is 5.91 Å². The van der Waals surface area contributed by atoms with Crippen LogP contribution in [0.25, 0.3) is 0 Å². The quantitative estimate of drug-likeness (QED) is 0.810. The van der Waals surface area contributed by atoms with Crippen LogP contribution in [0, 0.1) is 11.8 Å². The number of carbonyl (C=O) groups is 1. The third kappa shape index (κ3) is 2.35. The van der Waals surface area contributed by atoms with Gasteiger partial charge in [-0.25, -0.2) is 0 Å². The monoisotopic (exact) mass is 236 g/mol. The second-order valence-electron chi connectivity index (χ2n) is 6.05. The van der Waals surface area contributed by atoms with E-state index in [0.717, 1.165) is 44.3 Å². The molecule has 3 rings (SSSR count). The summed E-state index contributed by atoms with van der Waals surface area (Å²) in [5.74, 6) is 2.01. The van der Waals surface area contributed by atoms with E-state index in [-0.39, 0.29) is 0 Å². The van der Waals surface area contributed by atoms with Crippen molar-refractivity contribution in [3.05, 3.63) is 0 Å². The molecule has 96 valence electrons. The standard InChI is InChI=1S/C14H24N2O/c17-14(6-5-11-3-1-2-4-11)16-8-7-12-9-15-10-13(12)16/h11-13,15H,1-10H2/t12-,13+/m0/s1. The molecule has 1 saturated carbocycles. The van der Waals surface area contributed by atoms with Gasteiger partial charge >= 0.3 is 0 Å². The van der Waals surface area contributed by atoms with Gasteiger partial charge in [0.05, 0.1) is 0 Å². The molecule has 3 heteroatoms. The maximum absolute atomic E-state index is 12.2. The second kappa shape index (κ2) is 4.97. The number of nitrogens with zero attached hydrogens (tertiary/aromatic N) is 1. The minimum Gasteiger partial charge on any atom is -0.338 e. The predicted molar refractivity (Wildman–Crippen MR) is 67.7 cm³/mol. The van der Waals surface area contributed by atoms with Gasteiger partial charge in [-0.1, -0.05) is 25.7 Å². The number of fused-ring (bicyclic) bond motifs is 1. The molecule has 1 aliphatic carbocycles. The Bertz CT molecular complexity index is 286. The summed E-state index contributed by atoms with van der Waals surface area (Å²) in [5.41, 5.74) is 0. The first-order valence-corrected chi connectivity index (χ1v) is 7.35. The molecule has 0 aromatic heterocycles. The Labute approximate surface area is 104 Å². The van der Waals surface area contributed by atoms with Crippen LogP contribution in [0.4, 0.5) is 0 Å². The van der Waals surface area contributed by atoms with Crippen molar-refractivity contribution in [3.8, 4) is 0 Å². The zero-order chi connectivity index (χ0) is 11.7. The van der Waals surface area contributed by atoms with Gasteiger partial charge in [0.1, 0.15) is 0 Å². The molecule has 1 N–H and O–H groups in total. The van der Waals surface area contributed by atoms with Crippen molar-refractivity contribution in [3.63, 3.8) is 0 Å². The van der Waals surface area contributed by atoms with Crippen molar-refractivity contribution in [2.75, 3.05) is 19.6 Å². The van der Waals surface area contributed by atoms with Crippen molar-refractivity contribution in [1.82, 2.24) is 10.2 Å². The van der Waals surface area contributed by atoms with Crippen LogP contribution in [0.5, 0.6) is 0 Å². The van der Waals surface area contributed by atoms with Gasteiger partial charge in [0.15, 0.2) is 0 Å². The number of carbonyl (C=O) groups excluding carboxylic acids is 1. The minimum atomic E-state index is 0.424. The summed E-state index contributed by atoms with van der Waals surface area (Å²) in [6.45, 7) is 3.16. The maximum Gasteiger partial charge on any atom is 0.222 e. The SMILES string of the molecule is O=C(CCC1CCCC1)N1CC[C@H]2CNC[C@H]21. The highest BCUT2D eigenvalue weighted by Gasteiger charge is 2.39. The fourth-order valence-corrected chi connectivity index (χ4v) is 3.93. The topological polar surface area (TPSA) is 32.3 Å². The Kier molecular flexibility index (Phi) is 3.37. The van der Waals surface area contributed by atoms with Gasteiger partial charge in [0, 0.05) is 32.1 Å². The van der Waals surface area contributed by atoms with Crippen molar-refractivity contribution >= 4 is 5.91 Å². The minimum absolute atomic E-state index is 0.424. The normalized spacial score (nSPS) is 33.3. The molecule has 0 aromatic carbocycles.